The first-order valence-electron chi connectivity index (χ1n) is 8.29. The highest BCUT2D eigenvalue weighted by Crippen LogP contribution is 2.40. The SMILES string of the molecule is CC1(C)CC(NC(=O)c2cc3ccccc3o2)c2cc(N)ccc2O1.Cl. The maximum atomic E-state index is 12.7. The van der Waals surface area contributed by atoms with E-state index in [0.717, 1.165) is 16.7 Å². The van der Waals surface area contributed by atoms with E-state index in [0.29, 0.717) is 23.5 Å². The van der Waals surface area contributed by atoms with Crippen molar-refractivity contribution in [1.82, 2.24) is 5.32 Å². The molecule has 0 aliphatic carbocycles. The number of furan rings is 1. The van der Waals surface area contributed by atoms with Crippen molar-refractivity contribution >= 4 is 35.0 Å². The summed E-state index contributed by atoms with van der Waals surface area (Å²) in [5.74, 6) is 0.809. The summed E-state index contributed by atoms with van der Waals surface area (Å²) in [6.45, 7) is 4.01. The third-order valence-corrected chi connectivity index (χ3v) is 4.45. The first kappa shape index (κ1) is 18.1. The fraction of sp³-hybridized carbons (Fsp3) is 0.250. The molecule has 0 bridgehead atoms. The van der Waals surface area contributed by atoms with Crippen LogP contribution < -0.4 is 15.8 Å². The highest BCUT2D eigenvalue weighted by Gasteiger charge is 2.35. The molecule has 1 aliphatic heterocycles. The topological polar surface area (TPSA) is 77.5 Å². The van der Waals surface area contributed by atoms with Gasteiger partial charge in [0.2, 0.25) is 0 Å². The number of ether oxygens (including phenoxy) is 1. The average molecular weight is 373 g/mol. The third kappa shape index (κ3) is 3.35. The Balaban J connectivity index is 0.00000196. The number of para-hydroxylation sites is 1. The summed E-state index contributed by atoms with van der Waals surface area (Å²) in [4.78, 5) is 12.7. The number of rotatable bonds is 2. The van der Waals surface area contributed by atoms with Gasteiger partial charge < -0.3 is 20.2 Å². The second kappa shape index (κ2) is 6.57. The maximum absolute atomic E-state index is 12.7. The predicted molar refractivity (Wildman–Crippen MR) is 104 cm³/mol. The van der Waals surface area contributed by atoms with Gasteiger partial charge in [0.25, 0.3) is 5.91 Å². The van der Waals surface area contributed by atoms with Crippen molar-refractivity contribution in [3.63, 3.8) is 0 Å². The number of hydrogen-bond acceptors (Lipinski definition) is 4. The van der Waals surface area contributed by atoms with Gasteiger partial charge in [-0.3, -0.25) is 4.79 Å². The maximum Gasteiger partial charge on any atom is 0.287 e. The minimum absolute atomic E-state index is 0. The fourth-order valence-corrected chi connectivity index (χ4v) is 3.33. The normalized spacial score (nSPS) is 17.7. The quantitative estimate of drug-likeness (QED) is 0.650. The molecule has 2 aromatic carbocycles. The van der Waals surface area contributed by atoms with Crippen LogP contribution in [0.15, 0.2) is 52.9 Å². The lowest BCUT2D eigenvalue weighted by Gasteiger charge is -2.37. The molecule has 0 radical (unpaired) electrons. The molecule has 136 valence electrons. The Morgan fingerprint density at radius 3 is 2.73 bits per heavy atom. The summed E-state index contributed by atoms with van der Waals surface area (Å²) in [7, 11) is 0. The molecule has 5 nitrogen and oxygen atoms in total. The first-order chi connectivity index (χ1) is 11.9. The highest BCUT2D eigenvalue weighted by atomic mass is 35.5. The zero-order valence-corrected chi connectivity index (χ0v) is 15.4. The summed E-state index contributed by atoms with van der Waals surface area (Å²) >= 11 is 0. The van der Waals surface area contributed by atoms with Crippen LogP contribution in [0.2, 0.25) is 0 Å². The van der Waals surface area contributed by atoms with Gasteiger partial charge in [0.05, 0.1) is 6.04 Å². The monoisotopic (exact) mass is 372 g/mol. The number of nitrogens with one attached hydrogen (secondary N) is 1. The Kier molecular flexibility index (Phi) is 4.59. The van der Waals surface area contributed by atoms with E-state index in [9.17, 15) is 4.79 Å². The van der Waals surface area contributed by atoms with E-state index in [1.54, 1.807) is 12.1 Å². The summed E-state index contributed by atoms with van der Waals surface area (Å²) in [5.41, 5.74) is 7.77. The van der Waals surface area contributed by atoms with Gasteiger partial charge in [0, 0.05) is 23.1 Å². The molecule has 3 aromatic rings. The van der Waals surface area contributed by atoms with Gasteiger partial charge in [-0.05, 0) is 44.2 Å². The fourth-order valence-electron chi connectivity index (χ4n) is 3.33. The third-order valence-electron chi connectivity index (χ3n) is 4.45. The van der Waals surface area contributed by atoms with E-state index in [4.69, 9.17) is 14.9 Å². The van der Waals surface area contributed by atoms with Crippen LogP contribution in [0.1, 0.15) is 42.4 Å². The van der Waals surface area contributed by atoms with Crippen molar-refractivity contribution in [1.29, 1.82) is 0 Å². The van der Waals surface area contributed by atoms with Gasteiger partial charge in [-0.25, -0.2) is 0 Å². The van der Waals surface area contributed by atoms with Crippen LogP contribution in [-0.2, 0) is 0 Å². The van der Waals surface area contributed by atoms with Crippen molar-refractivity contribution in [3.8, 4) is 5.75 Å². The number of carbonyl (C=O) groups excluding carboxylic acids is 1. The number of nitrogen functional groups attached to an aromatic ring is 1. The van der Waals surface area contributed by atoms with E-state index >= 15 is 0 Å². The smallest absolute Gasteiger partial charge is 0.287 e. The lowest BCUT2D eigenvalue weighted by atomic mass is 9.89. The molecule has 6 heteroatoms. The molecule has 0 saturated carbocycles. The Labute approximate surface area is 157 Å². The second-order valence-corrected chi connectivity index (χ2v) is 7.04. The molecule has 4 rings (SSSR count). The van der Waals surface area contributed by atoms with Crippen LogP contribution in [-0.4, -0.2) is 11.5 Å². The van der Waals surface area contributed by atoms with Gasteiger partial charge in [0.1, 0.15) is 16.9 Å². The molecule has 1 unspecified atom stereocenters. The van der Waals surface area contributed by atoms with Gasteiger partial charge in [-0.15, -0.1) is 12.4 Å². The van der Waals surface area contributed by atoms with E-state index in [2.05, 4.69) is 5.32 Å². The van der Waals surface area contributed by atoms with Crippen LogP contribution in [0, 0.1) is 0 Å². The van der Waals surface area contributed by atoms with Crippen LogP contribution in [0.4, 0.5) is 5.69 Å². The molecule has 0 fully saturated rings. The number of nitrogens with two attached hydrogens (primary N) is 1. The molecule has 0 saturated heterocycles. The number of benzene rings is 2. The Hall–Kier alpha value is -2.66. The van der Waals surface area contributed by atoms with E-state index in [1.807, 2.05) is 50.2 Å². The van der Waals surface area contributed by atoms with Gasteiger partial charge in [-0.1, -0.05) is 18.2 Å². The minimum Gasteiger partial charge on any atom is -0.487 e. The van der Waals surface area contributed by atoms with Crippen molar-refractivity contribution in [3.05, 3.63) is 59.9 Å². The van der Waals surface area contributed by atoms with Crippen molar-refractivity contribution in [2.75, 3.05) is 5.73 Å². The van der Waals surface area contributed by atoms with E-state index < -0.39 is 0 Å². The number of hydrogen-bond donors (Lipinski definition) is 2. The number of halogens is 1. The second-order valence-electron chi connectivity index (χ2n) is 7.04. The molecule has 1 amide bonds. The summed E-state index contributed by atoms with van der Waals surface area (Å²) in [6, 6.07) is 14.6. The van der Waals surface area contributed by atoms with Crippen LogP contribution in [0.5, 0.6) is 5.75 Å². The summed E-state index contributed by atoms with van der Waals surface area (Å²) in [6.07, 6.45) is 0.648. The van der Waals surface area contributed by atoms with E-state index in [-0.39, 0.29) is 30.0 Å². The highest BCUT2D eigenvalue weighted by molar-refractivity contribution is 5.96. The molecular weight excluding hydrogens is 352 g/mol. The van der Waals surface area contributed by atoms with Crippen LogP contribution in [0.25, 0.3) is 11.0 Å². The lowest BCUT2D eigenvalue weighted by Crippen LogP contribution is -2.41. The number of anilines is 1. The zero-order chi connectivity index (χ0) is 17.6. The molecule has 1 atom stereocenters. The van der Waals surface area contributed by atoms with Crippen molar-refractivity contribution < 1.29 is 13.9 Å². The molecular formula is C20H21ClN2O3. The van der Waals surface area contributed by atoms with E-state index in [1.165, 1.54) is 0 Å². The number of amides is 1. The van der Waals surface area contributed by atoms with Gasteiger partial charge >= 0.3 is 0 Å². The largest absolute Gasteiger partial charge is 0.487 e. The molecule has 1 aromatic heterocycles. The molecule has 2 heterocycles. The molecule has 26 heavy (non-hydrogen) atoms. The Bertz CT molecular complexity index is 932. The Morgan fingerprint density at radius 1 is 1.19 bits per heavy atom. The molecule has 3 N–H and O–H groups in total. The average Bonchev–Trinajstić information content (AvgIpc) is 2.99. The minimum atomic E-state index is -0.380. The molecule has 0 spiro atoms. The summed E-state index contributed by atoms with van der Waals surface area (Å²) in [5, 5.41) is 3.97. The predicted octanol–water partition coefficient (Wildman–Crippen LogP) is 4.47. The summed E-state index contributed by atoms with van der Waals surface area (Å²) < 4.78 is 11.7. The number of carbonyl (C=O) groups is 1. The first-order valence-corrected chi connectivity index (χ1v) is 8.29. The van der Waals surface area contributed by atoms with Gasteiger partial charge in [-0.2, -0.15) is 0 Å². The standard InChI is InChI=1S/C20H20N2O3.ClH/c1-20(2)11-15(14-10-13(21)7-8-17(14)25-20)22-19(23)18-9-12-5-3-4-6-16(12)24-18;/h3-10,15H,11,21H2,1-2H3,(H,22,23);1H. The Morgan fingerprint density at radius 2 is 1.96 bits per heavy atom. The van der Waals surface area contributed by atoms with Crippen LogP contribution >= 0.6 is 12.4 Å². The van der Waals surface area contributed by atoms with Crippen LogP contribution in [0.3, 0.4) is 0 Å². The zero-order valence-electron chi connectivity index (χ0n) is 14.6. The van der Waals surface area contributed by atoms with Crippen molar-refractivity contribution in [2.24, 2.45) is 0 Å². The van der Waals surface area contributed by atoms with Crippen molar-refractivity contribution in [2.45, 2.75) is 31.9 Å². The molecule has 1 aliphatic rings. The lowest BCUT2D eigenvalue weighted by molar-refractivity contribution is 0.0612. The van der Waals surface area contributed by atoms with Gasteiger partial charge in [0.15, 0.2) is 5.76 Å². The number of fused-ring (bicyclic) bond motifs is 2.